The van der Waals surface area contributed by atoms with Gasteiger partial charge in [0.1, 0.15) is 5.69 Å². The van der Waals surface area contributed by atoms with E-state index in [2.05, 4.69) is 34.4 Å². The number of anilines is 1. The normalized spacial score (nSPS) is 16.6. The summed E-state index contributed by atoms with van der Waals surface area (Å²) in [4.78, 5) is 33.6. The Morgan fingerprint density at radius 2 is 2.23 bits per heavy atom. The van der Waals surface area contributed by atoms with Crippen molar-refractivity contribution >= 4 is 11.6 Å². The van der Waals surface area contributed by atoms with Crippen LogP contribution in [0.1, 0.15) is 26.7 Å². The maximum absolute atomic E-state index is 12.5. The summed E-state index contributed by atoms with van der Waals surface area (Å²) in [6.45, 7) is 6.09. The quantitative estimate of drug-likeness (QED) is 0.562. The van der Waals surface area contributed by atoms with Crippen molar-refractivity contribution in [2.24, 2.45) is 0 Å². The summed E-state index contributed by atoms with van der Waals surface area (Å²) < 4.78 is 5.19. The SMILES string of the molecule is COc1cc(-c2c[nH]c(=O)c(NC3CCCN(C(=O)C=CCNC(C)C)C3)c2)ccn1. The highest BCUT2D eigenvalue weighted by molar-refractivity contribution is 5.87. The Bertz CT molecular complexity index is 970. The van der Waals surface area contributed by atoms with E-state index in [1.165, 1.54) is 0 Å². The van der Waals surface area contributed by atoms with Crippen LogP contribution >= 0.6 is 0 Å². The van der Waals surface area contributed by atoms with Gasteiger partial charge in [-0.05, 0) is 30.5 Å². The monoisotopic (exact) mass is 425 g/mol. The summed E-state index contributed by atoms with van der Waals surface area (Å²) in [6.07, 6.45) is 8.62. The summed E-state index contributed by atoms with van der Waals surface area (Å²) >= 11 is 0. The van der Waals surface area contributed by atoms with Crippen molar-refractivity contribution in [3.05, 3.63) is 53.1 Å². The summed E-state index contributed by atoms with van der Waals surface area (Å²) in [7, 11) is 1.57. The zero-order valence-corrected chi connectivity index (χ0v) is 18.4. The number of carbonyl (C=O) groups is 1. The molecule has 0 aromatic carbocycles. The number of nitrogens with zero attached hydrogens (tertiary/aromatic N) is 2. The number of H-pyrrole nitrogens is 1. The van der Waals surface area contributed by atoms with Gasteiger partial charge in [-0.25, -0.2) is 4.98 Å². The zero-order chi connectivity index (χ0) is 22.2. The molecule has 0 bridgehead atoms. The van der Waals surface area contributed by atoms with Crippen LogP contribution in [-0.2, 0) is 4.79 Å². The first kappa shape index (κ1) is 22.6. The number of ether oxygens (including phenoxy) is 1. The lowest BCUT2D eigenvalue weighted by molar-refractivity contribution is -0.127. The van der Waals surface area contributed by atoms with Gasteiger partial charge in [-0.15, -0.1) is 0 Å². The van der Waals surface area contributed by atoms with Gasteiger partial charge in [0.2, 0.25) is 11.8 Å². The molecule has 1 aliphatic heterocycles. The number of pyridine rings is 2. The topological polar surface area (TPSA) is 99.4 Å². The molecule has 1 fully saturated rings. The minimum Gasteiger partial charge on any atom is -0.481 e. The van der Waals surface area contributed by atoms with E-state index in [0.29, 0.717) is 30.7 Å². The van der Waals surface area contributed by atoms with Crippen LogP contribution in [0, 0.1) is 0 Å². The van der Waals surface area contributed by atoms with Crippen molar-refractivity contribution < 1.29 is 9.53 Å². The standard InChI is InChI=1S/C23H31N5O3/c1-16(2)24-9-4-7-22(29)28-11-5-6-19(15-28)27-20-12-18(14-26-23(20)30)17-8-10-25-21(13-17)31-3/h4,7-8,10,12-14,16,19,24,27H,5-6,9,11,15H2,1-3H3,(H,26,30). The first-order valence-corrected chi connectivity index (χ1v) is 10.6. The van der Waals surface area contributed by atoms with Crippen molar-refractivity contribution in [2.45, 2.75) is 38.8 Å². The molecular formula is C23H31N5O3. The van der Waals surface area contributed by atoms with Crippen LogP contribution in [0.15, 0.2) is 47.5 Å². The fourth-order valence-corrected chi connectivity index (χ4v) is 3.54. The molecule has 8 nitrogen and oxygen atoms in total. The highest BCUT2D eigenvalue weighted by Gasteiger charge is 2.23. The average Bonchev–Trinajstić information content (AvgIpc) is 2.78. The van der Waals surface area contributed by atoms with Gasteiger partial charge in [-0.3, -0.25) is 9.59 Å². The summed E-state index contributed by atoms with van der Waals surface area (Å²) in [5.41, 5.74) is 2.05. The third-order valence-corrected chi connectivity index (χ3v) is 5.18. The Kier molecular flexibility index (Phi) is 7.83. The summed E-state index contributed by atoms with van der Waals surface area (Å²) in [5.74, 6) is 0.514. The molecule has 1 amide bonds. The third kappa shape index (κ3) is 6.42. The van der Waals surface area contributed by atoms with Gasteiger partial charge in [0, 0.05) is 61.8 Å². The molecule has 1 unspecified atom stereocenters. The zero-order valence-electron chi connectivity index (χ0n) is 18.4. The second kappa shape index (κ2) is 10.8. The van der Waals surface area contributed by atoms with Crippen LogP contribution in [-0.4, -0.2) is 59.6 Å². The predicted molar refractivity (Wildman–Crippen MR) is 122 cm³/mol. The number of aromatic amines is 1. The van der Waals surface area contributed by atoms with Crippen LogP contribution in [0.3, 0.4) is 0 Å². The maximum atomic E-state index is 12.5. The highest BCUT2D eigenvalue weighted by Crippen LogP contribution is 2.23. The van der Waals surface area contributed by atoms with Crippen molar-refractivity contribution in [1.29, 1.82) is 0 Å². The molecule has 1 aliphatic rings. The predicted octanol–water partition coefficient (Wildman–Crippen LogP) is 2.40. The van der Waals surface area contributed by atoms with E-state index in [9.17, 15) is 9.59 Å². The Labute approximate surface area is 182 Å². The second-order valence-corrected chi connectivity index (χ2v) is 7.95. The van der Waals surface area contributed by atoms with Crippen molar-refractivity contribution in [2.75, 3.05) is 32.1 Å². The number of likely N-dealkylation sites (tertiary alicyclic amines) is 1. The lowest BCUT2D eigenvalue weighted by atomic mass is 10.0. The van der Waals surface area contributed by atoms with Crippen molar-refractivity contribution in [1.82, 2.24) is 20.2 Å². The van der Waals surface area contributed by atoms with Gasteiger partial charge in [-0.1, -0.05) is 19.9 Å². The van der Waals surface area contributed by atoms with E-state index in [1.54, 1.807) is 25.6 Å². The fraction of sp³-hybridized carbons (Fsp3) is 0.435. The molecule has 0 saturated carbocycles. The Hall–Kier alpha value is -3.13. The van der Waals surface area contributed by atoms with Crippen LogP contribution in [0.25, 0.3) is 11.1 Å². The highest BCUT2D eigenvalue weighted by atomic mass is 16.5. The van der Waals surface area contributed by atoms with Crippen molar-refractivity contribution in [3.63, 3.8) is 0 Å². The number of piperidine rings is 1. The average molecular weight is 426 g/mol. The van der Waals surface area contributed by atoms with Crippen LogP contribution in [0.2, 0.25) is 0 Å². The first-order valence-electron chi connectivity index (χ1n) is 10.6. The molecule has 31 heavy (non-hydrogen) atoms. The van der Waals surface area contributed by atoms with Crippen molar-refractivity contribution in [3.8, 4) is 17.0 Å². The lowest BCUT2D eigenvalue weighted by Crippen LogP contribution is -2.45. The smallest absolute Gasteiger partial charge is 0.271 e. The molecule has 3 heterocycles. The van der Waals surface area contributed by atoms with Gasteiger partial charge in [0.05, 0.1) is 7.11 Å². The van der Waals surface area contributed by atoms with E-state index in [4.69, 9.17) is 4.74 Å². The largest absolute Gasteiger partial charge is 0.481 e. The van der Waals surface area contributed by atoms with E-state index in [1.807, 2.05) is 29.2 Å². The number of aromatic nitrogens is 2. The number of amides is 1. The van der Waals surface area contributed by atoms with Gasteiger partial charge >= 0.3 is 0 Å². The molecule has 2 aromatic heterocycles. The number of hydrogen-bond donors (Lipinski definition) is 3. The van der Waals surface area contributed by atoms with E-state index in [-0.39, 0.29) is 17.5 Å². The molecular weight excluding hydrogens is 394 g/mol. The summed E-state index contributed by atoms with van der Waals surface area (Å²) in [6, 6.07) is 5.90. The molecule has 166 valence electrons. The maximum Gasteiger partial charge on any atom is 0.271 e. The van der Waals surface area contributed by atoms with Crippen LogP contribution in [0.4, 0.5) is 5.69 Å². The molecule has 3 rings (SSSR count). The first-order chi connectivity index (χ1) is 15.0. The number of nitrogens with one attached hydrogen (secondary N) is 3. The third-order valence-electron chi connectivity index (χ3n) is 5.18. The number of hydrogen-bond acceptors (Lipinski definition) is 6. The minimum absolute atomic E-state index is 0.00333. The Morgan fingerprint density at radius 3 is 3.00 bits per heavy atom. The Balaban J connectivity index is 1.66. The molecule has 3 N–H and O–H groups in total. The molecule has 1 atom stereocenters. The number of carbonyl (C=O) groups excluding carboxylic acids is 1. The van der Waals surface area contributed by atoms with Crippen LogP contribution in [0.5, 0.6) is 5.88 Å². The van der Waals surface area contributed by atoms with Gasteiger partial charge in [-0.2, -0.15) is 0 Å². The number of rotatable bonds is 8. The number of methoxy groups -OCH3 is 1. The molecule has 0 radical (unpaired) electrons. The molecule has 8 heteroatoms. The van der Waals surface area contributed by atoms with Gasteiger partial charge in [0.15, 0.2) is 0 Å². The van der Waals surface area contributed by atoms with E-state index >= 15 is 0 Å². The Morgan fingerprint density at radius 1 is 1.39 bits per heavy atom. The summed E-state index contributed by atoms with van der Waals surface area (Å²) in [5, 5.41) is 6.59. The fourth-order valence-electron chi connectivity index (χ4n) is 3.54. The van der Waals surface area contributed by atoms with E-state index in [0.717, 1.165) is 30.5 Å². The molecule has 2 aromatic rings. The van der Waals surface area contributed by atoms with E-state index < -0.39 is 0 Å². The van der Waals surface area contributed by atoms with Gasteiger partial charge in [0.25, 0.3) is 5.56 Å². The minimum atomic E-state index is -0.187. The molecule has 1 saturated heterocycles. The second-order valence-electron chi connectivity index (χ2n) is 7.95. The molecule has 0 aliphatic carbocycles. The van der Waals surface area contributed by atoms with Crippen LogP contribution < -0.4 is 20.9 Å². The lowest BCUT2D eigenvalue weighted by Gasteiger charge is -2.33. The van der Waals surface area contributed by atoms with Gasteiger partial charge < -0.3 is 25.3 Å². The molecule has 0 spiro atoms.